The maximum absolute atomic E-state index is 12.1. The van der Waals surface area contributed by atoms with Crippen molar-refractivity contribution in [3.63, 3.8) is 0 Å². The van der Waals surface area contributed by atoms with E-state index in [1.807, 2.05) is 54.8 Å². The van der Waals surface area contributed by atoms with Crippen molar-refractivity contribution in [3.8, 4) is 17.1 Å². The molecule has 0 spiro atoms. The lowest BCUT2D eigenvalue weighted by atomic mass is 10.1. The molecule has 9 heteroatoms. The van der Waals surface area contributed by atoms with Gasteiger partial charge in [0.05, 0.1) is 5.75 Å². The van der Waals surface area contributed by atoms with Crippen LogP contribution in [0.3, 0.4) is 0 Å². The number of amides is 3. The molecule has 0 aliphatic rings. The van der Waals surface area contributed by atoms with Gasteiger partial charge in [0.2, 0.25) is 5.91 Å². The van der Waals surface area contributed by atoms with Gasteiger partial charge in [0.15, 0.2) is 11.0 Å². The van der Waals surface area contributed by atoms with Crippen LogP contribution in [-0.2, 0) is 4.79 Å². The molecule has 3 aromatic rings. The Bertz CT molecular complexity index is 1020. The lowest BCUT2D eigenvalue weighted by Crippen LogP contribution is -2.40. The third kappa shape index (κ3) is 5.61. The summed E-state index contributed by atoms with van der Waals surface area (Å²) in [7, 11) is 0. The number of hydrogen-bond acceptors (Lipinski definition) is 5. The summed E-state index contributed by atoms with van der Waals surface area (Å²) in [5.41, 5.74) is 2.87. The third-order valence-corrected chi connectivity index (χ3v) is 5.33. The van der Waals surface area contributed by atoms with Crippen molar-refractivity contribution in [1.29, 1.82) is 0 Å². The minimum Gasteiger partial charge on any atom is -0.338 e. The van der Waals surface area contributed by atoms with E-state index in [-0.39, 0.29) is 5.75 Å². The summed E-state index contributed by atoms with van der Waals surface area (Å²) in [6.45, 7) is 4.47. The Morgan fingerprint density at radius 1 is 1.07 bits per heavy atom. The molecule has 30 heavy (non-hydrogen) atoms. The quantitative estimate of drug-likeness (QED) is 0.533. The summed E-state index contributed by atoms with van der Waals surface area (Å²) >= 11 is 7.24. The van der Waals surface area contributed by atoms with Crippen LogP contribution in [0.2, 0.25) is 5.02 Å². The highest BCUT2D eigenvalue weighted by molar-refractivity contribution is 7.99. The van der Waals surface area contributed by atoms with Gasteiger partial charge in [-0.2, -0.15) is 0 Å². The number of nitrogens with one attached hydrogen (secondary N) is 2. The number of urea groups is 1. The summed E-state index contributed by atoms with van der Waals surface area (Å²) in [4.78, 5) is 23.8. The summed E-state index contributed by atoms with van der Waals surface area (Å²) in [5.74, 6) is 0.274. The van der Waals surface area contributed by atoms with Gasteiger partial charge in [-0.1, -0.05) is 60.1 Å². The Morgan fingerprint density at radius 3 is 2.43 bits per heavy atom. The Labute approximate surface area is 184 Å². The largest absolute Gasteiger partial charge is 0.338 e. The van der Waals surface area contributed by atoms with Gasteiger partial charge < -0.3 is 5.32 Å². The maximum Gasteiger partial charge on any atom is 0.321 e. The smallest absolute Gasteiger partial charge is 0.321 e. The molecule has 0 fully saturated rings. The summed E-state index contributed by atoms with van der Waals surface area (Å²) in [6, 6.07) is 14.8. The van der Waals surface area contributed by atoms with Crippen LogP contribution in [0.25, 0.3) is 17.1 Å². The predicted octanol–water partition coefficient (Wildman–Crippen LogP) is 4.22. The Hall–Kier alpha value is -2.84. The lowest BCUT2D eigenvalue weighted by Gasteiger charge is -2.11. The first kappa shape index (κ1) is 21.9. The molecular weight excluding hydrogens is 422 g/mol. The van der Waals surface area contributed by atoms with E-state index in [1.54, 1.807) is 12.1 Å². The van der Waals surface area contributed by atoms with Crippen LogP contribution < -0.4 is 10.6 Å². The predicted molar refractivity (Wildman–Crippen MR) is 119 cm³/mol. The zero-order chi connectivity index (χ0) is 21.5. The highest BCUT2D eigenvalue weighted by Gasteiger charge is 2.18. The van der Waals surface area contributed by atoms with Crippen molar-refractivity contribution >= 4 is 35.3 Å². The highest BCUT2D eigenvalue weighted by Crippen LogP contribution is 2.28. The molecule has 0 radical (unpaired) electrons. The molecular formula is C21H22ClN5O2S. The van der Waals surface area contributed by atoms with Crippen molar-refractivity contribution in [2.75, 3.05) is 12.3 Å². The highest BCUT2D eigenvalue weighted by atomic mass is 35.5. The van der Waals surface area contributed by atoms with E-state index in [1.165, 1.54) is 11.8 Å². The number of carbonyl (C=O) groups excluding carboxylic acids is 2. The number of aryl methyl sites for hydroxylation is 1. The number of rotatable bonds is 7. The number of aromatic nitrogens is 3. The van der Waals surface area contributed by atoms with Crippen molar-refractivity contribution in [3.05, 3.63) is 59.1 Å². The fourth-order valence-corrected chi connectivity index (χ4v) is 3.53. The van der Waals surface area contributed by atoms with Gasteiger partial charge in [-0.3, -0.25) is 14.7 Å². The van der Waals surface area contributed by atoms with Gasteiger partial charge in [-0.15, -0.1) is 10.2 Å². The van der Waals surface area contributed by atoms with Crippen LogP contribution in [-0.4, -0.2) is 39.0 Å². The molecule has 0 bridgehead atoms. The molecule has 156 valence electrons. The van der Waals surface area contributed by atoms with E-state index in [2.05, 4.69) is 20.8 Å². The SMILES string of the molecule is CCCNC(=O)NC(=O)CSc1nnc(-c2ccc(C)cc2)n1-c1ccc(Cl)cc1. The minimum atomic E-state index is -0.498. The molecule has 7 nitrogen and oxygen atoms in total. The molecule has 2 aromatic carbocycles. The van der Waals surface area contributed by atoms with E-state index in [0.717, 1.165) is 23.2 Å². The standard InChI is InChI=1S/C21H22ClN5O2S/c1-3-12-23-20(29)24-18(28)13-30-21-26-25-19(15-6-4-14(2)5-7-15)27(21)17-10-8-16(22)9-11-17/h4-11H,3,12-13H2,1-2H3,(H2,23,24,28,29). The third-order valence-electron chi connectivity index (χ3n) is 4.15. The molecule has 0 aliphatic heterocycles. The van der Waals surface area contributed by atoms with Crippen molar-refractivity contribution in [2.45, 2.75) is 25.4 Å². The molecule has 3 amide bonds. The molecule has 0 unspecified atom stereocenters. The molecule has 3 rings (SSSR count). The molecule has 0 saturated heterocycles. The molecule has 0 aliphatic carbocycles. The summed E-state index contributed by atoms with van der Waals surface area (Å²) < 4.78 is 1.87. The van der Waals surface area contributed by atoms with E-state index >= 15 is 0 Å². The van der Waals surface area contributed by atoms with Gasteiger partial charge >= 0.3 is 6.03 Å². The summed E-state index contributed by atoms with van der Waals surface area (Å²) in [6.07, 6.45) is 0.794. The Balaban J connectivity index is 1.84. The topological polar surface area (TPSA) is 88.9 Å². The number of nitrogens with zero attached hydrogens (tertiary/aromatic N) is 3. The van der Waals surface area contributed by atoms with E-state index in [9.17, 15) is 9.59 Å². The normalized spacial score (nSPS) is 10.6. The maximum atomic E-state index is 12.1. The van der Waals surface area contributed by atoms with Gasteiger partial charge in [0, 0.05) is 22.8 Å². The fourth-order valence-electron chi connectivity index (χ4n) is 2.65. The van der Waals surface area contributed by atoms with Crippen LogP contribution in [0.1, 0.15) is 18.9 Å². The van der Waals surface area contributed by atoms with Crippen LogP contribution >= 0.6 is 23.4 Å². The molecule has 1 heterocycles. The van der Waals surface area contributed by atoms with E-state index in [4.69, 9.17) is 11.6 Å². The Morgan fingerprint density at radius 2 is 1.77 bits per heavy atom. The first-order chi connectivity index (χ1) is 14.5. The summed E-state index contributed by atoms with van der Waals surface area (Å²) in [5, 5.41) is 14.7. The second-order valence-corrected chi connectivity index (χ2v) is 7.96. The molecule has 0 saturated carbocycles. The zero-order valence-corrected chi connectivity index (χ0v) is 18.3. The average Bonchev–Trinajstić information content (AvgIpc) is 3.16. The second-order valence-electron chi connectivity index (χ2n) is 6.58. The molecule has 0 atom stereocenters. The number of imide groups is 1. The van der Waals surface area contributed by atoms with Gasteiger partial charge in [-0.05, 0) is 37.6 Å². The second kappa shape index (κ2) is 10.3. The Kier molecular flexibility index (Phi) is 7.48. The van der Waals surface area contributed by atoms with Crippen LogP contribution in [0.15, 0.2) is 53.7 Å². The van der Waals surface area contributed by atoms with Crippen molar-refractivity contribution in [1.82, 2.24) is 25.4 Å². The fraction of sp³-hybridized carbons (Fsp3) is 0.238. The van der Waals surface area contributed by atoms with E-state index < -0.39 is 11.9 Å². The van der Waals surface area contributed by atoms with Crippen molar-refractivity contribution in [2.24, 2.45) is 0 Å². The number of carbonyl (C=O) groups is 2. The molecule has 1 aromatic heterocycles. The van der Waals surface area contributed by atoms with Gasteiger partial charge in [-0.25, -0.2) is 4.79 Å². The van der Waals surface area contributed by atoms with Gasteiger partial charge in [0.25, 0.3) is 0 Å². The molecule has 2 N–H and O–H groups in total. The van der Waals surface area contributed by atoms with E-state index in [0.29, 0.717) is 22.5 Å². The number of thioether (sulfide) groups is 1. The van der Waals surface area contributed by atoms with Crippen LogP contribution in [0, 0.1) is 6.92 Å². The first-order valence-corrected chi connectivity index (χ1v) is 10.8. The van der Waals surface area contributed by atoms with Gasteiger partial charge in [0.1, 0.15) is 0 Å². The van der Waals surface area contributed by atoms with Crippen LogP contribution in [0.4, 0.5) is 4.79 Å². The number of hydrogen-bond donors (Lipinski definition) is 2. The average molecular weight is 444 g/mol. The zero-order valence-electron chi connectivity index (χ0n) is 16.7. The lowest BCUT2D eigenvalue weighted by molar-refractivity contribution is -0.117. The number of halogens is 1. The first-order valence-electron chi connectivity index (χ1n) is 9.47. The van der Waals surface area contributed by atoms with Crippen LogP contribution in [0.5, 0.6) is 0 Å². The minimum absolute atomic E-state index is 0.0270. The van der Waals surface area contributed by atoms with Crippen molar-refractivity contribution < 1.29 is 9.59 Å². The number of benzene rings is 2. The monoisotopic (exact) mass is 443 g/mol.